The van der Waals surface area contributed by atoms with E-state index in [-0.39, 0.29) is 30.5 Å². The quantitative estimate of drug-likeness (QED) is 0.200. The van der Waals surface area contributed by atoms with Gasteiger partial charge in [0.15, 0.2) is 5.96 Å². The maximum Gasteiger partial charge on any atom is 0.191 e. The minimum atomic E-state index is -1.12. The Morgan fingerprint density at radius 3 is 2.54 bits per heavy atom. The fraction of sp³-hybridized carbons (Fsp3) is 0.476. The molecule has 1 aromatic heterocycles. The van der Waals surface area contributed by atoms with Crippen LogP contribution in [0.15, 0.2) is 52.1 Å². The van der Waals surface area contributed by atoms with Crippen molar-refractivity contribution in [2.24, 2.45) is 4.99 Å². The first kappa shape index (κ1) is 24.3. The lowest BCUT2D eigenvalue weighted by Gasteiger charge is -2.19. The number of nitrogens with one attached hydrogen (secondary N) is 2. The predicted molar refractivity (Wildman–Crippen MR) is 124 cm³/mol. The third-order valence-electron chi connectivity index (χ3n) is 4.29. The number of ether oxygens (including phenoxy) is 1. The Kier molecular flexibility index (Phi) is 11.0. The molecular weight excluding hydrogens is 469 g/mol. The molecule has 0 radical (unpaired) electrons. The second-order valence-electron chi connectivity index (χ2n) is 6.68. The standard InChI is InChI=1S/C21H31N3O3.HI/c1-4-22-20(24-16-21(2,25)19-9-7-15-27-19)23-14-6-5-8-17-10-12-18(26-3)13-11-17;/h7,9-13,15,25H,4-6,8,14,16H2,1-3H3,(H2,22,23,24);1H. The number of hydrogen-bond acceptors (Lipinski definition) is 4. The number of halogens is 1. The Morgan fingerprint density at radius 1 is 1.18 bits per heavy atom. The van der Waals surface area contributed by atoms with Crippen molar-refractivity contribution in [3.05, 3.63) is 54.0 Å². The molecule has 0 amide bonds. The zero-order chi connectivity index (χ0) is 19.5. The Morgan fingerprint density at radius 2 is 1.93 bits per heavy atom. The number of rotatable bonds is 10. The highest BCUT2D eigenvalue weighted by Crippen LogP contribution is 2.21. The molecule has 156 valence electrons. The van der Waals surface area contributed by atoms with Crippen molar-refractivity contribution in [2.45, 2.75) is 38.7 Å². The Labute approximate surface area is 184 Å². The molecule has 0 aliphatic rings. The van der Waals surface area contributed by atoms with E-state index in [1.807, 2.05) is 19.1 Å². The lowest BCUT2D eigenvalue weighted by Crippen LogP contribution is -2.39. The van der Waals surface area contributed by atoms with Crippen LogP contribution in [0.3, 0.4) is 0 Å². The van der Waals surface area contributed by atoms with Gasteiger partial charge < -0.3 is 24.9 Å². The summed E-state index contributed by atoms with van der Waals surface area (Å²) in [6.07, 6.45) is 4.71. The Balaban J connectivity index is 0.00000392. The number of aliphatic imine (C=N–C) groups is 1. The largest absolute Gasteiger partial charge is 0.497 e. The Hall–Kier alpha value is -1.74. The summed E-state index contributed by atoms with van der Waals surface area (Å²) >= 11 is 0. The van der Waals surface area contributed by atoms with E-state index < -0.39 is 5.60 Å². The van der Waals surface area contributed by atoms with Gasteiger partial charge in [-0.3, -0.25) is 0 Å². The summed E-state index contributed by atoms with van der Waals surface area (Å²) in [5.41, 5.74) is 0.186. The highest BCUT2D eigenvalue weighted by atomic mass is 127. The zero-order valence-corrected chi connectivity index (χ0v) is 19.2. The maximum atomic E-state index is 10.5. The van der Waals surface area contributed by atoms with Gasteiger partial charge in [0, 0.05) is 13.1 Å². The summed E-state index contributed by atoms with van der Waals surface area (Å²) in [6, 6.07) is 11.7. The van der Waals surface area contributed by atoms with Crippen LogP contribution in [-0.4, -0.2) is 37.8 Å². The van der Waals surface area contributed by atoms with Crippen molar-refractivity contribution < 1.29 is 14.3 Å². The van der Waals surface area contributed by atoms with Crippen LogP contribution >= 0.6 is 24.0 Å². The third-order valence-corrected chi connectivity index (χ3v) is 4.29. The molecule has 3 N–H and O–H groups in total. The molecule has 0 aliphatic heterocycles. The highest BCUT2D eigenvalue weighted by molar-refractivity contribution is 14.0. The van der Waals surface area contributed by atoms with Gasteiger partial charge in [0.2, 0.25) is 0 Å². The topological polar surface area (TPSA) is 79.0 Å². The van der Waals surface area contributed by atoms with Gasteiger partial charge in [-0.15, -0.1) is 24.0 Å². The SMILES string of the molecule is CCNC(=NCC(C)(O)c1ccco1)NCCCCc1ccc(OC)cc1.I. The minimum Gasteiger partial charge on any atom is -0.497 e. The molecule has 6 nitrogen and oxygen atoms in total. The summed E-state index contributed by atoms with van der Waals surface area (Å²) in [6.45, 7) is 5.53. The van der Waals surface area contributed by atoms with E-state index in [0.29, 0.717) is 11.7 Å². The van der Waals surface area contributed by atoms with Crippen LogP contribution < -0.4 is 15.4 Å². The van der Waals surface area contributed by atoms with Crippen molar-refractivity contribution in [3.8, 4) is 5.75 Å². The lowest BCUT2D eigenvalue weighted by molar-refractivity contribution is 0.0437. The van der Waals surface area contributed by atoms with Crippen LogP contribution in [0.1, 0.15) is 38.0 Å². The zero-order valence-electron chi connectivity index (χ0n) is 16.9. The average Bonchev–Trinajstić information content (AvgIpc) is 3.22. The van der Waals surface area contributed by atoms with Crippen LogP contribution in [-0.2, 0) is 12.0 Å². The summed E-state index contributed by atoms with van der Waals surface area (Å²) in [4.78, 5) is 4.49. The van der Waals surface area contributed by atoms with Gasteiger partial charge in [-0.25, -0.2) is 4.99 Å². The molecular formula is C21H32IN3O3. The van der Waals surface area contributed by atoms with Gasteiger partial charge in [0.25, 0.3) is 0 Å². The van der Waals surface area contributed by atoms with E-state index >= 15 is 0 Å². The summed E-state index contributed by atoms with van der Waals surface area (Å²) in [7, 11) is 1.68. The van der Waals surface area contributed by atoms with Crippen LogP contribution in [0, 0.1) is 0 Å². The number of aryl methyl sites for hydroxylation is 1. The highest BCUT2D eigenvalue weighted by Gasteiger charge is 2.25. The van der Waals surface area contributed by atoms with Gasteiger partial charge in [-0.05, 0) is 62.9 Å². The van der Waals surface area contributed by atoms with E-state index in [1.165, 1.54) is 5.56 Å². The van der Waals surface area contributed by atoms with Gasteiger partial charge in [-0.2, -0.15) is 0 Å². The van der Waals surface area contributed by atoms with E-state index in [0.717, 1.165) is 38.1 Å². The third kappa shape index (κ3) is 8.10. The number of aliphatic hydroxyl groups is 1. The van der Waals surface area contributed by atoms with E-state index in [4.69, 9.17) is 9.15 Å². The Bertz CT molecular complexity index is 685. The van der Waals surface area contributed by atoms with Gasteiger partial charge in [0.05, 0.1) is 19.9 Å². The monoisotopic (exact) mass is 501 g/mol. The number of methoxy groups -OCH3 is 1. The number of hydrogen-bond donors (Lipinski definition) is 3. The number of benzene rings is 1. The van der Waals surface area contributed by atoms with Crippen LogP contribution in [0.2, 0.25) is 0 Å². The molecule has 7 heteroatoms. The van der Waals surface area contributed by atoms with E-state index in [2.05, 4.69) is 27.8 Å². The van der Waals surface area contributed by atoms with E-state index in [1.54, 1.807) is 32.4 Å². The minimum absolute atomic E-state index is 0. The first-order valence-electron chi connectivity index (χ1n) is 9.46. The molecule has 1 heterocycles. The fourth-order valence-electron chi connectivity index (χ4n) is 2.69. The molecule has 1 unspecified atom stereocenters. The second kappa shape index (κ2) is 12.7. The lowest BCUT2D eigenvalue weighted by atomic mass is 10.0. The molecule has 28 heavy (non-hydrogen) atoms. The molecule has 0 bridgehead atoms. The van der Waals surface area contributed by atoms with Crippen molar-refractivity contribution in [1.82, 2.24) is 10.6 Å². The maximum absolute atomic E-state index is 10.5. The molecule has 2 rings (SSSR count). The first-order valence-corrected chi connectivity index (χ1v) is 9.46. The first-order chi connectivity index (χ1) is 13.0. The van der Waals surface area contributed by atoms with E-state index in [9.17, 15) is 5.11 Å². The smallest absolute Gasteiger partial charge is 0.191 e. The molecule has 0 fully saturated rings. The number of furan rings is 1. The normalized spacial score (nSPS) is 13.4. The van der Waals surface area contributed by atoms with Crippen molar-refractivity contribution in [1.29, 1.82) is 0 Å². The van der Waals surface area contributed by atoms with Crippen LogP contribution in [0.5, 0.6) is 5.75 Å². The molecule has 0 aliphatic carbocycles. The number of nitrogens with zero attached hydrogens (tertiary/aromatic N) is 1. The molecule has 0 saturated heterocycles. The second-order valence-corrected chi connectivity index (χ2v) is 6.68. The van der Waals surface area contributed by atoms with Crippen molar-refractivity contribution >= 4 is 29.9 Å². The van der Waals surface area contributed by atoms with Gasteiger partial charge in [0.1, 0.15) is 17.1 Å². The fourth-order valence-corrected chi connectivity index (χ4v) is 2.69. The molecule has 2 aromatic rings. The summed E-state index contributed by atoms with van der Waals surface area (Å²) < 4.78 is 10.5. The predicted octanol–water partition coefficient (Wildman–Crippen LogP) is 3.69. The average molecular weight is 501 g/mol. The van der Waals surface area contributed by atoms with Crippen molar-refractivity contribution in [3.63, 3.8) is 0 Å². The number of guanidine groups is 1. The molecule has 1 aromatic carbocycles. The number of unbranched alkanes of at least 4 members (excludes halogenated alkanes) is 1. The van der Waals surface area contributed by atoms with Gasteiger partial charge in [-0.1, -0.05) is 12.1 Å². The van der Waals surface area contributed by atoms with Crippen LogP contribution in [0.25, 0.3) is 0 Å². The molecule has 1 atom stereocenters. The summed E-state index contributed by atoms with van der Waals surface area (Å²) in [5.74, 6) is 2.10. The van der Waals surface area contributed by atoms with Gasteiger partial charge >= 0.3 is 0 Å². The van der Waals surface area contributed by atoms with Crippen molar-refractivity contribution in [2.75, 3.05) is 26.7 Å². The molecule has 0 spiro atoms. The molecule has 0 saturated carbocycles. The van der Waals surface area contributed by atoms with Crippen LogP contribution in [0.4, 0.5) is 0 Å². The summed E-state index contributed by atoms with van der Waals surface area (Å²) in [5, 5.41) is 17.0.